The standard InChI is InChI=1S/C26H30N2O5/c1-2-8-23(25(31)28-14-7-9-17(28)15-24(29)30)27-26(32)33-16-22-20-12-5-3-10-18(20)19-11-4-6-13-21(19)22/h3-6,10-13,17,22-23H,2,7-9,14-16H2,1H3,(H,27,32)(H,29,30)/t17-,23?/m0/s1. The van der Waals surface area contributed by atoms with Crippen LogP contribution in [0.2, 0.25) is 0 Å². The number of carbonyl (C=O) groups is 3. The van der Waals surface area contributed by atoms with E-state index in [1.807, 2.05) is 31.2 Å². The summed E-state index contributed by atoms with van der Waals surface area (Å²) in [5, 5.41) is 11.9. The van der Waals surface area contributed by atoms with Crippen molar-refractivity contribution in [2.24, 2.45) is 0 Å². The molecule has 7 nitrogen and oxygen atoms in total. The molecule has 7 heteroatoms. The SMILES string of the molecule is CCCC(NC(=O)OCC1c2ccccc2-c2ccccc21)C(=O)N1CCC[C@H]1CC(=O)O. The van der Waals surface area contributed by atoms with E-state index in [1.165, 1.54) is 0 Å². The van der Waals surface area contributed by atoms with Gasteiger partial charge in [0, 0.05) is 18.5 Å². The summed E-state index contributed by atoms with van der Waals surface area (Å²) in [7, 11) is 0. The number of carbonyl (C=O) groups excluding carboxylic acids is 2. The zero-order valence-electron chi connectivity index (χ0n) is 18.8. The number of rotatable bonds is 8. The van der Waals surface area contributed by atoms with E-state index in [0.29, 0.717) is 25.8 Å². The van der Waals surface area contributed by atoms with Crippen LogP contribution in [-0.4, -0.2) is 53.2 Å². The third-order valence-electron chi connectivity index (χ3n) is 6.58. The number of aliphatic carboxylic acids is 1. The first-order chi connectivity index (χ1) is 16.0. The molecule has 2 aromatic rings. The summed E-state index contributed by atoms with van der Waals surface area (Å²) >= 11 is 0. The van der Waals surface area contributed by atoms with Crippen LogP contribution >= 0.6 is 0 Å². The van der Waals surface area contributed by atoms with Gasteiger partial charge in [-0.1, -0.05) is 61.9 Å². The zero-order chi connectivity index (χ0) is 23.4. The second kappa shape index (κ2) is 10.1. The summed E-state index contributed by atoms with van der Waals surface area (Å²) in [6.07, 6.45) is 1.92. The van der Waals surface area contributed by atoms with Gasteiger partial charge in [-0.3, -0.25) is 9.59 Å². The minimum absolute atomic E-state index is 0.0537. The van der Waals surface area contributed by atoms with Crippen LogP contribution in [0, 0.1) is 0 Å². The second-order valence-electron chi connectivity index (χ2n) is 8.74. The molecule has 2 N–H and O–H groups in total. The zero-order valence-corrected chi connectivity index (χ0v) is 18.8. The minimum Gasteiger partial charge on any atom is -0.481 e. The minimum atomic E-state index is -0.920. The molecule has 2 atom stereocenters. The summed E-state index contributed by atoms with van der Waals surface area (Å²) in [5.74, 6) is -1.20. The molecule has 0 saturated carbocycles. The molecule has 0 radical (unpaired) electrons. The quantitative estimate of drug-likeness (QED) is 0.630. The number of alkyl carbamates (subject to hydrolysis) is 1. The Labute approximate surface area is 193 Å². The molecular weight excluding hydrogens is 420 g/mol. The molecule has 2 aromatic carbocycles. The summed E-state index contributed by atoms with van der Waals surface area (Å²) in [5.41, 5.74) is 4.56. The molecule has 2 aliphatic rings. The number of amides is 2. The maximum Gasteiger partial charge on any atom is 0.407 e. The van der Waals surface area contributed by atoms with Crippen molar-refractivity contribution in [3.05, 3.63) is 59.7 Å². The number of likely N-dealkylation sites (tertiary alicyclic amines) is 1. The first-order valence-electron chi connectivity index (χ1n) is 11.6. The Bertz CT molecular complexity index is 991. The predicted octanol–water partition coefficient (Wildman–Crippen LogP) is 4.16. The molecule has 1 heterocycles. The lowest BCUT2D eigenvalue weighted by atomic mass is 9.98. The van der Waals surface area contributed by atoms with Gasteiger partial charge in [0.25, 0.3) is 0 Å². The number of ether oxygens (including phenoxy) is 1. The third kappa shape index (κ3) is 4.87. The van der Waals surface area contributed by atoms with E-state index in [4.69, 9.17) is 9.84 Å². The summed E-state index contributed by atoms with van der Waals surface area (Å²) in [4.78, 5) is 38.6. The van der Waals surface area contributed by atoms with Gasteiger partial charge in [0.05, 0.1) is 6.42 Å². The molecule has 2 amide bonds. The molecule has 1 unspecified atom stereocenters. The molecule has 0 spiro atoms. The van der Waals surface area contributed by atoms with E-state index in [-0.39, 0.29) is 30.9 Å². The lowest BCUT2D eigenvalue weighted by Crippen LogP contribution is -2.50. The van der Waals surface area contributed by atoms with Crippen molar-refractivity contribution in [2.45, 2.75) is 57.0 Å². The Morgan fingerprint density at radius 1 is 1.09 bits per heavy atom. The molecule has 33 heavy (non-hydrogen) atoms. The van der Waals surface area contributed by atoms with Gasteiger partial charge in [-0.15, -0.1) is 0 Å². The highest BCUT2D eigenvalue weighted by Crippen LogP contribution is 2.44. The van der Waals surface area contributed by atoms with E-state index in [2.05, 4.69) is 29.6 Å². The normalized spacial score (nSPS) is 17.8. The van der Waals surface area contributed by atoms with E-state index in [9.17, 15) is 14.4 Å². The van der Waals surface area contributed by atoms with Crippen LogP contribution in [0.25, 0.3) is 11.1 Å². The van der Waals surface area contributed by atoms with Gasteiger partial charge in [-0.25, -0.2) is 4.79 Å². The first kappa shape index (κ1) is 22.8. The average Bonchev–Trinajstić information content (AvgIpc) is 3.39. The predicted molar refractivity (Wildman–Crippen MR) is 124 cm³/mol. The van der Waals surface area contributed by atoms with Crippen LogP contribution in [0.3, 0.4) is 0 Å². The molecule has 0 bridgehead atoms. The number of carboxylic acids is 1. The first-order valence-corrected chi connectivity index (χ1v) is 11.6. The van der Waals surface area contributed by atoms with Gasteiger partial charge in [0.15, 0.2) is 0 Å². The van der Waals surface area contributed by atoms with Gasteiger partial charge < -0.3 is 20.1 Å². The number of hydrogen-bond donors (Lipinski definition) is 2. The lowest BCUT2D eigenvalue weighted by Gasteiger charge is -2.28. The van der Waals surface area contributed by atoms with Gasteiger partial charge in [-0.05, 0) is 41.5 Å². The molecule has 0 aromatic heterocycles. The topological polar surface area (TPSA) is 95.9 Å². The van der Waals surface area contributed by atoms with Crippen molar-refractivity contribution < 1.29 is 24.2 Å². The van der Waals surface area contributed by atoms with Crippen molar-refractivity contribution >= 4 is 18.0 Å². The number of nitrogens with one attached hydrogen (secondary N) is 1. The van der Waals surface area contributed by atoms with Crippen LogP contribution in [0.15, 0.2) is 48.5 Å². The Balaban J connectivity index is 1.41. The van der Waals surface area contributed by atoms with E-state index in [1.54, 1.807) is 4.90 Å². The molecule has 1 aliphatic carbocycles. The molecular formula is C26H30N2O5. The van der Waals surface area contributed by atoms with Crippen molar-refractivity contribution in [2.75, 3.05) is 13.2 Å². The maximum atomic E-state index is 13.1. The number of hydrogen-bond acceptors (Lipinski definition) is 4. The highest BCUT2D eigenvalue weighted by atomic mass is 16.5. The molecule has 1 saturated heterocycles. The smallest absolute Gasteiger partial charge is 0.407 e. The van der Waals surface area contributed by atoms with Crippen LogP contribution in [-0.2, 0) is 14.3 Å². The highest BCUT2D eigenvalue weighted by Gasteiger charge is 2.35. The van der Waals surface area contributed by atoms with E-state index < -0.39 is 18.1 Å². The molecule has 1 aliphatic heterocycles. The molecule has 174 valence electrons. The van der Waals surface area contributed by atoms with Crippen molar-refractivity contribution in [1.82, 2.24) is 10.2 Å². The van der Waals surface area contributed by atoms with Gasteiger partial charge >= 0.3 is 12.1 Å². The number of carboxylic acid groups (broad SMARTS) is 1. The fourth-order valence-electron chi connectivity index (χ4n) is 5.07. The van der Waals surface area contributed by atoms with Gasteiger partial charge in [0.1, 0.15) is 12.6 Å². The van der Waals surface area contributed by atoms with Crippen molar-refractivity contribution in [3.8, 4) is 11.1 Å². The lowest BCUT2D eigenvalue weighted by molar-refractivity contribution is -0.140. The summed E-state index contributed by atoms with van der Waals surface area (Å²) in [6, 6.07) is 15.2. The Morgan fingerprint density at radius 2 is 1.73 bits per heavy atom. The van der Waals surface area contributed by atoms with Gasteiger partial charge in [-0.2, -0.15) is 0 Å². The van der Waals surface area contributed by atoms with Crippen molar-refractivity contribution in [3.63, 3.8) is 0 Å². The van der Waals surface area contributed by atoms with Crippen LogP contribution in [0.5, 0.6) is 0 Å². The fraction of sp³-hybridized carbons (Fsp3) is 0.423. The second-order valence-corrected chi connectivity index (χ2v) is 8.74. The Kier molecular flexibility index (Phi) is 6.96. The summed E-state index contributed by atoms with van der Waals surface area (Å²) < 4.78 is 5.61. The Hall–Kier alpha value is -3.35. The third-order valence-corrected chi connectivity index (χ3v) is 6.58. The highest BCUT2D eigenvalue weighted by molar-refractivity contribution is 5.86. The number of nitrogens with zero attached hydrogens (tertiary/aromatic N) is 1. The van der Waals surface area contributed by atoms with Crippen molar-refractivity contribution in [1.29, 1.82) is 0 Å². The van der Waals surface area contributed by atoms with E-state index >= 15 is 0 Å². The summed E-state index contributed by atoms with van der Waals surface area (Å²) in [6.45, 7) is 2.64. The molecule has 1 fully saturated rings. The number of fused-ring (bicyclic) bond motifs is 3. The molecule has 4 rings (SSSR count). The number of benzene rings is 2. The monoisotopic (exact) mass is 450 g/mol. The largest absolute Gasteiger partial charge is 0.481 e. The maximum absolute atomic E-state index is 13.1. The average molecular weight is 451 g/mol. The Morgan fingerprint density at radius 3 is 2.33 bits per heavy atom. The fourth-order valence-corrected chi connectivity index (χ4v) is 5.07. The van der Waals surface area contributed by atoms with Crippen LogP contribution < -0.4 is 5.32 Å². The van der Waals surface area contributed by atoms with Crippen LogP contribution in [0.1, 0.15) is 56.1 Å². The van der Waals surface area contributed by atoms with E-state index in [0.717, 1.165) is 28.7 Å². The van der Waals surface area contributed by atoms with Crippen LogP contribution in [0.4, 0.5) is 4.79 Å². The van der Waals surface area contributed by atoms with Gasteiger partial charge in [0.2, 0.25) is 5.91 Å².